The molecule has 1 heterocycles. The molecule has 0 bridgehead atoms. The Balaban J connectivity index is 1.74. The number of halogens is 2. The van der Waals surface area contributed by atoms with Crippen LogP contribution in [0.15, 0.2) is 54.5 Å². The van der Waals surface area contributed by atoms with Crippen LogP contribution in [-0.4, -0.2) is 25.9 Å². The maximum Gasteiger partial charge on any atom is 0.330 e. The molecule has 0 spiro atoms. The van der Waals surface area contributed by atoms with Gasteiger partial charge in [0.05, 0.1) is 23.5 Å². The number of carbonyl (C=O) groups excluding carboxylic acids is 1. The van der Waals surface area contributed by atoms with Gasteiger partial charge in [-0.3, -0.25) is 4.79 Å². The highest BCUT2D eigenvalue weighted by molar-refractivity contribution is 7.91. The first-order valence-electron chi connectivity index (χ1n) is 7.31. The molecule has 7 nitrogen and oxygen atoms in total. The van der Waals surface area contributed by atoms with Gasteiger partial charge in [0.1, 0.15) is 0 Å². The van der Waals surface area contributed by atoms with E-state index in [4.69, 9.17) is 23.2 Å². The predicted molar refractivity (Wildman–Crippen MR) is 101 cm³/mol. The zero-order chi connectivity index (χ0) is 18.9. The van der Waals surface area contributed by atoms with Crippen LogP contribution in [0.2, 0.25) is 10.0 Å². The Morgan fingerprint density at radius 3 is 2.62 bits per heavy atom. The summed E-state index contributed by atoms with van der Waals surface area (Å²) in [6.45, 7) is -0.0447. The standard InChI is InChI=1S/C16H13Cl2N3O4S/c17-10-4-5-13(14(18)6-10)15(22)8-19-11-2-1-3-12(7-11)21-9-16(23)20-26(21,24)25/h1-7,9,19-20,23H,8H2. The van der Waals surface area contributed by atoms with E-state index in [0.717, 1.165) is 10.5 Å². The van der Waals surface area contributed by atoms with E-state index in [1.54, 1.807) is 30.3 Å². The largest absolute Gasteiger partial charge is 0.493 e. The second-order valence-electron chi connectivity index (χ2n) is 5.37. The Labute approximate surface area is 160 Å². The van der Waals surface area contributed by atoms with E-state index in [-0.39, 0.29) is 17.4 Å². The third-order valence-corrected chi connectivity index (χ3v) is 5.37. The monoisotopic (exact) mass is 413 g/mol. The fraction of sp³-hybridized carbons (Fsp3) is 0.0625. The minimum Gasteiger partial charge on any atom is -0.493 e. The molecule has 0 aromatic heterocycles. The van der Waals surface area contributed by atoms with Crippen LogP contribution in [0.5, 0.6) is 0 Å². The van der Waals surface area contributed by atoms with Crippen LogP contribution in [0.25, 0.3) is 0 Å². The molecule has 26 heavy (non-hydrogen) atoms. The molecular formula is C16H13Cl2N3O4S. The molecule has 10 heteroatoms. The van der Waals surface area contributed by atoms with Gasteiger partial charge in [-0.25, -0.2) is 9.03 Å². The zero-order valence-corrected chi connectivity index (χ0v) is 15.4. The van der Waals surface area contributed by atoms with Crippen molar-refractivity contribution in [2.24, 2.45) is 0 Å². The normalized spacial score (nSPS) is 15.3. The Kier molecular flexibility index (Phi) is 4.99. The summed E-state index contributed by atoms with van der Waals surface area (Å²) in [7, 11) is -3.87. The van der Waals surface area contributed by atoms with E-state index in [1.807, 2.05) is 4.72 Å². The van der Waals surface area contributed by atoms with Crippen LogP contribution < -0.4 is 14.3 Å². The summed E-state index contributed by atoms with van der Waals surface area (Å²) in [5.74, 6) is -0.721. The highest BCUT2D eigenvalue weighted by atomic mass is 35.5. The number of rotatable bonds is 5. The molecule has 0 unspecified atom stereocenters. The summed E-state index contributed by atoms with van der Waals surface area (Å²) < 4.78 is 26.7. The summed E-state index contributed by atoms with van der Waals surface area (Å²) in [6.07, 6.45) is 1.05. The molecule has 0 saturated heterocycles. The first-order valence-corrected chi connectivity index (χ1v) is 9.51. The number of Topliss-reactive ketones (excluding diaryl/α,β-unsaturated/α-hetero) is 1. The van der Waals surface area contributed by atoms with E-state index < -0.39 is 16.1 Å². The third-order valence-electron chi connectivity index (χ3n) is 3.52. The number of aliphatic hydroxyl groups excluding tert-OH is 1. The number of benzene rings is 2. The molecule has 2 aromatic rings. The number of carbonyl (C=O) groups is 1. The Morgan fingerprint density at radius 1 is 1.19 bits per heavy atom. The SMILES string of the molecule is O=C(CNc1cccc(N2C=C(O)NS2(=O)=O)c1)c1ccc(Cl)cc1Cl. The highest BCUT2D eigenvalue weighted by Gasteiger charge is 2.28. The van der Waals surface area contributed by atoms with Crippen molar-refractivity contribution in [3.8, 4) is 0 Å². The molecule has 0 amide bonds. The first-order chi connectivity index (χ1) is 12.3. The van der Waals surface area contributed by atoms with E-state index in [2.05, 4.69) is 5.32 Å². The van der Waals surface area contributed by atoms with Crippen molar-refractivity contribution in [3.63, 3.8) is 0 Å². The van der Waals surface area contributed by atoms with Gasteiger partial charge in [0, 0.05) is 16.3 Å². The highest BCUT2D eigenvalue weighted by Crippen LogP contribution is 2.26. The Bertz CT molecular complexity index is 1010. The van der Waals surface area contributed by atoms with Gasteiger partial charge in [-0.2, -0.15) is 8.42 Å². The smallest absolute Gasteiger partial charge is 0.330 e. The summed E-state index contributed by atoms with van der Waals surface area (Å²) in [6, 6.07) is 11.0. The number of hydrogen-bond donors (Lipinski definition) is 3. The van der Waals surface area contributed by atoms with Gasteiger partial charge in [-0.05, 0) is 36.4 Å². The molecule has 0 radical (unpaired) electrons. The van der Waals surface area contributed by atoms with E-state index in [1.165, 1.54) is 12.1 Å². The van der Waals surface area contributed by atoms with Crippen LogP contribution in [0.1, 0.15) is 10.4 Å². The molecular weight excluding hydrogens is 401 g/mol. The van der Waals surface area contributed by atoms with Gasteiger partial charge in [0.25, 0.3) is 0 Å². The van der Waals surface area contributed by atoms with Gasteiger partial charge in [-0.1, -0.05) is 29.3 Å². The van der Waals surface area contributed by atoms with Crippen LogP contribution in [0.3, 0.4) is 0 Å². The van der Waals surface area contributed by atoms with E-state index in [9.17, 15) is 18.3 Å². The molecule has 136 valence electrons. The lowest BCUT2D eigenvalue weighted by molar-refractivity contribution is 0.101. The lowest BCUT2D eigenvalue weighted by Crippen LogP contribution is -2.29. The molecule has 1 aliphatic heterocycles. The molecule has 3 rings (SSSR count). The summed E-state index contributed by atoms with van der Waals surface area (Å²) >= 11 is 11.8. The van der Waals surface area contributed by atoms with Crippen molar-refractivity contribution in [2.75, 3.05) is 16.2 Å². The maximum absolute atomic E-state index is 12.3. The maximum atomic E-state index is 12.3. The van der Waals surface area contributed by atoms with Crippen LogP contribution in [0, 0.1) is 0 Å². The third kappa shape index (κ3) is 3.87. The minimum atomic E-state index is -3.87. The van der Waals surface area contributed by atoms with Crippen molar-refractivity contribution in [3.05, 3.63) is 70.2 Å². The topological polar surface area (TPSA) is 98.7 Å². The lowest BCUT2D eigenvalue weighted by Gasteiger charge is -2.15. The van der Waals surface area contributed by atoms with E-state index in [0.29, 0.717) is 22.0 Å². The first kappa shape index (κ1) is 18.4. The molecule has 0 fully saturated rings. The molecule has 1 aliphatic rings. The van der Waals surface area contributed by atoms with Gasteiger partial charge in [0.15, 0.2) is 5.78 Å². The average molecular weight is 414 g/mol. The fourth-order valence-corrected chi connectivity index (χ4v) is 3.91. The van der Waals surface area contributed by atoms with Crippen molar-refractivity contribution in [1.29, 1.82) is 0 Å². The predicted octanol–water partition coefficient (Wildman–Crippen LogP) is 3.30. The average Bonchev–Trinajstić information content (AvgIpc) is 2.85. The van der Waals surface area contributed by atoms with Crippen molar-refractivity contribution >= 4 is 50.6 Å². The van der Waals surface area contributed by atoms with Crippen LogP contribution in [0.4, 0.5) is 11.4 Å². The fourth-order valence-electron chi connectivity index (χ4n) is 2.35. The Morgan fingerprint density at radius 2 is 1.96 bits per heavy atom. The summed E-state index contributed by atoms with van der Waals surface area (Å²) in [5.41, 5.74) is 1.15. The number of anilines is 2. The lowest BCUT2D eigenvalue weighted by atomic mass is 10.1. The Hall–Kier alpha value is -2.42. The van der Waals surface area contributed by atoms with Crippen LogP contribution >= 0.6 is 23.2 Å². The number of ketones is 1. The molecule has 0 saturated carbocycles. The van der Waals surface area contributed by atoms with Gasteiger partial charge >= 0.3 is 10.2 Å². The van der Waals surface area contributed by atoms with Crippen LogP contribution in [-0.2, 0) is 10.2 Å². The number of nitrogens with zero attached hydrogens (tertiary/aromatic N) is 1. The van der Waals surface area contributed by atoms with E-state index >= 15 is 0 Å². The van der Waals surface area contributed by atoms with Crippen molar-refractivity contribution in [2.45, 2.75) is 0 Å². The van der Waals surface area contributed by atoms with Crippen molar-refractivity contribution < 1.29 is 18.3 Å². The number of nitrogens with one attached hydrogen (secondary N) is 2. The van der Waals surface area contributed by atoms with Gasteiger partial charge in [-0.15, -0.1) is 0 Å². The molecule has 0 aliphatic carbocycles. The number of hydrogen-bond acceptors (Lipinski definition) is 5. The van der Waals surface area contributed by atoms with Gasteiger partial charge < -0.3 is 10.4 Å². The van der Waals surface area contributed by atoms with Gasteiger partial charge in [0.2, 0.25) is 5.88 Å². The minimum absolute atomic E-state index is 0.0447. The summed E-state index contributed by atoms with van der Waals surface area (Å²) in [4.78, 5) is 12.3. The second kappa shape index (κ2) is 7.06. The molecule has 0 atom stereocenters. The van der Waals surface area contributed by atoms with Crippen molar-refractivity contribution in [1.82, 2.24) is 4.72 Å². The summed E-state index contributed by atoms with van der Waals surface area (Å²) in [5, 5.41) is 13.0. The quantitative estimate of drug-likeness (QED) is 0.653. The molecule has 3 N–H and O–H groups in total. The molecule has 2 aromatic carbocycles. The number of aliphatic hydroxyl groups is 1. The second-order valence-corrected chi connectivity index (χ2v) is 7.76. The zero-order valence-electron chi connectivity index (χ0n) is 13.1.